The van der Waals surface area contributed by atoms with Crippen molar-refractivity contribution in [2.75, 3.05) is 5.32 Å². The molecule has 6 nitrogen and oxygen atoms in total. The van der Waals surface area contributed by atoms with E-state index >= 15 is 0 Å². The third kappa shape index (κ3) is 4.53. The first kappa shape index (κ1) is 15.5. The van der Waals surface area contributed by atoms with Crippen molar-refractivity contribution in [3.05, 3.63) is 23.8 Å². The number of ether oxygens (including phenoxy) is 1. The number of benzene rings is 1. The molecule has 3 N–H and O–H groups in total. The molecule has 106 valence electrons. The lowest BCUT2D eigenvalue weighted by molar-refractivity contribution is 0.0635. The Labute approximate surface area is 113 Å². The van der Waals surface area contributed by atoms with Crippen molar-refractivity contribution in [2.45, 2.75) is 38.2 Å². The molecule has 1 rings (SSSR count). The Morgan fingerprint density at radius 1 is 1.32 bits per heavy atom. The van der Waals surface area contributed by atoms with E-state index in [0.717, 1.165) is 0 Å². The first-order valence-corrected chi connectivity index (χ1v) is 7.18. The minimum atomic E-state index is -3.82. The highest BCUT2D eigenvalue weighted by atomic mass is 32.2. The van der Waals surface area contributed by atoms with E-state index < -0.39 is 21.7 Å². The van der Waals surface area contributed by atoms with Gasteiger partial charge >= 0.3 is 6.09 Å². The second-order valence-corrected chi connectivity index (χ2v) is 6.63. The van der Waals surface area contributed by atoms with Crippen LogP contribution in [-0.2, 0) is 14.8 Å². The Hall–Kier alpha value is -1.60. The number of rotatable bonds is 2. The topological polar surface area (TPSA) is 98.5 Å². The predicted molar refractivity (Wildman–Crippen MR) is 72.4 cm³/mol. The van der Waals surface area contributed by atoms with Gasteiger partial charge in [0.2, 0.25) is 10.0 Å². The zero-order chi connectivity index (χ0) is 14.8. The Bertz CT molecular complexity index is 588. The summed E-state index contributed by atoms with van der Waals surface area (Å²) in [5.74, 6) is 0. The highest BCUT2D eigenvalue weighted by Gasteiger charge is 2.19. The summed E-state index contributed by atoms with van der Waals surface area (Å²) in [6.45, 7) is 6.77. The third-order valence-electron chi connectivity index (χ3n) is 2.23. The van der Waals surface area contributed by atoms with E-state index in [0.29, 0.717) is 11.3 Å². The van der Waals surface area contributed by atoms with Gasteiger partial charge in [0, 0.05) is 5.69 Å². The van der Waals surface area contributed by atoms with Gasteiger partial charge in [-0.1, -0.05) is 6.07 Å². The third-order valence-corrected chi connectivity index (χ3v) is 3.28. The molecule has 0 radical (unpaired) electrons. The fourth-order valence-corrected chi connectivity index (χ4v) is 2.28. The minimum Gasteiger partial charge on any atom is -0.444 e. The average molecular weight is 286 g/mol. The first-order chi connectivity index (χ1) is 8.50. The van der Waals surface area contributed by atoms with E-state index in [-0.39, 0.29) is 4.90 Å². The molecule has 7 heteroatoms. The molecule has 0 atom stereocenters. The predicted octanol–water partition coefficient (Wildman–Crippen LogP) is 1.99. The summed E-state index contributed by atoms with van der Waals surface area (Å²) < 4.78 is 27.8. The maximum atomic E-state index is 11.6. The quantitative estimate of drug-likeness (QED) is 0.868. The SMILES string of the molecule is Cc1c(NC(=O)OC(C)(C)C)cccc1S(N)(=O)=O. The van der Waals surface area contributed by atoms with Gasteiger partial charge in [0.1, 0.15) is 5.60 Å². The molecule has 0 bridgehead atoms. The second-order valence-electron chi connectivity index (χ2n) is 5.10. The van der Waals surface area contributed by atoms with Gasteiger partial charge in [0.15, 0.2) is 0 Å². The molecule has 19 heavy (non-hydrogen) atoms. The molecule has 0 spiro atoms. The summed E-state index contributed by atoms with van der Waals surface area (Å²) in [4.78, 5) is 11.6. The Morgan fingerprint density at radius 2 is 1.89 bits per heavy atom. The van der Waals surface area contributed by atoms with Crippen LogP contribution in [0.25, 0.3) is 0 Å². The summed E-state index contributed by atoms with van der Waals surface area (Å²) in [6.07, 6.45) is -0.651. The Balaban J connectivity index is 3.01. The number of primary sulfonamides is 1. The highest BCUT2D eigenvalue weighted by Crippen LogP contribution is 2.22. The van der Waals surface area contributed by atoms with Crippen molar-refractivity contribution in [1.82, 2.24) is 0 Å². The van der Waals surface area contributed by atoms with Gasteiger partial charge in [0.05, 0.1) is 4.90 Å². The Morgan fingerprint density at radius 3 is 2.37 bits per heavy atom. The van der Waals surface area contributed by atoms with E-state index in [1.807, 2.05) is 0 Å². The second kappa shape index (κ2) is 5.18. The van der Waals surface area contributed by atoms with Gasteiger partial charge in [-0.3, -0.25) is 5.32 Å². The van der Waals surface area contributed by atoms with Crippen molar-refractivity contribution in [3.63, 3.8) is 0 Å². The molecule has 0 aromatic heterocycles. The first-order valence-electron chi connectivity index (χ1n) is 5.63. The van der Waals surface area contributed by atoms with E-state index in [2.05, 4.69) is 5.32 Å². The summed E-state index contributed by atoms with van der Waals surface area (Å²) in [6, 6.07) is 4.46. The number of sulfonamides is 1. The number of amides is 1. The monoisotopic (exact) mass is 286 g/mol. The fraction of sp³-hybridized carbons (Fsp3) is 0.417. The lowest BCUT2D eigenvalue weighted by Gasteiger charge is -2.20. The van der Waals surface area contributed by atoms with E-state index in [4.69, 9.17) is 9.88 Å². The van der Waals surface area contributed by atoms with Gasteiger partial charge in [0.25, 0.3) is 0 Å². The maximum absolute atomic E-state index is 11.6. The van der Waals surface area contributed by atoms with Crippen molar-refractivity contribution < 1.29 is 17.9 Å². The van der Waals surface area contributed by atoms with Crippen LogP contribution in [0.4, 0.5) is 10.5 Å². The lowest BCUT2D eigenvalue weighted by atomic mass is 10.2. The standard InChI is InChI=1S/C12H18N2O4S/c1-8-9(14-11(15)18-12(2,3)4)6-5-7-10(8)19(13,16)17/h5-7H,1-4H3,(H,14,15)(H2,13,16,17). The molecule has 0 aliphatic rings. The molecule has 0 aliphatic carbocycles. The number of carbonyl (C=O) groups excluding carboxylic acids is 1. The van der Waals surface area contributed by atoms with Crippen LogP contribution < -0.4 is 10.5 Å². The van der Waals surface area contributed by atoms with Crippen LogP contribution in [0.1, 0.15) is 26.3 Å². The maximum Gasteiger partial charge on any atom is 0.412 e. The summed E-state index contributed by atoms with van der Waals surface area (Å²) >= 11 is 0. The molecule has 0 saturated heterocycles. The number of nitrogens with two attached hydrogens (primary N) is 1. The van der Waals surface area contributed by atoms with Crippen molar-refractivity contribution in [3.8, 4) is 0 Å². The average Bonchev–Trinajstić information content (AvgIpc) is 2.16. The molecule has 1 amide bonds. The zero-order valence-corrected chi connectivity index (χ0v) is 12.2. The summed E-state index contributed by atoms with van der Waals surface area (Å²) in [7, 11) is -3.82. The van der Waals surface area contributed by atoms with Crippen LogP contribution in [0, 0.1) is 6.92 Å². The number of carbonyl (C=O) groups is 1. The zero-order valence-electron chi connectivity index (χ0n) is 11.4. The minimum absolute atomic E-state index is 0.0268. The van der Waals surface area contributed by atoms with Crippen LogP contribution >= 0.6 is 0 Å². The van der Waals surface area contributed by atoms with Gasteiger partial charge in [-0.25, -0.2) is 18.4 Å². The largest absolute Gasteiger partial charge is 0.444 e. The fourth-order valence-electron chi connectivity index (χ4n) is 1.47. The summed E-state index contributed by atoms with van der Waals surface area (Å²) in [5, 5.41) is 7.59. The van der Waals surface area contributed by atoms with Gasteiger partial charge in [-0.05, 0) is 45.4 Å². The van der Waals surface area contributed by atoms with Crippen LogP contribution in [0.3, 0.4) is 0 Å². The number of hydrogen-bond donors (Lipinski definition) is 2. The smallest absolute Gasteiger partial charge is 0.412 e. The highest BCUT2D eigenvalue weighted by molar-refractivity contribution is 7.89. The molecule has 0 saturated carbocycles. The van der Waals surface area contributed by atoms with Gasteiger partial charge < -0.3 is 4.74 Å². The van der Waals surface area contributed by atoms with Gasteiger partial charge in [-0.15, -0.1) is 0 Å². The molecule has 0 heterocycles. The molecular weight excluding hydrogens is 268 g/mol. The molecule has 0 fully saturated rings. The van der Waals surface area contributed by atoms with Crippen molar-refractivity contribution >= 4 is 21.8 Å². The van der Waals surface area contributed by atoms with Crippen molar-refractivity contribution in [1.29, 1.82) is 0 Å². The molecule has 0 unspecified atom stereocenters. The lowest BCUT2D eigenvalue weighted by Crippen LogP contribution is -2.27. The van der Waals surface area contributed by atoms with Crippen LogP contribution in [0.5, 0.6) is 0 Å². The number of hydrogen-bond acceptors (Lipinski definition) is 4. The van der Waals surface area contributed by atoms with Crippen LogP contribution in [0.15, 0.2) is 23.1 Å². The number of nitrogens with one attached hydrogen (secondary N) is 1. The molecule has 0 aliphatic heterocycles. The molecule has 1 aromatic rings. The Kier molecular flexibility index (Phi) is 4.21. The van der Waals surface area contributed by atoms with E-state index in [9.17, 15) is 13.2 Å². The van der Waals surface area contributed by atoms with Gasteiger partial charge in [-0.2, -0.15) is 0 Å². The normalized spacial score (nSPS) is 12.1. The van der Waals surface area contributed by atoms with E-state index in [1.54, 1.807) is 33.8 Å². The van der Waals surface area contributed by atoms with E-state index in [1.165, 1.54) is 12.1 Å². The van der Waals surface area contributed by atoms with Crippen LogP contribution in [-0.4, -0.2) is 20.1 Å². The van der Waals surface area contributed by atoms with Crippen LogP contribution in [0.2, 0.25) is 0 Å². The molecule has 1 aromatic carbocycles. The van der Waals surface area contributed by atoms with Crippen molar-refractivity contribution in [2.24, 2.45) is 5.14 Å². The number of anilines is 1. The summed E-state index contributed by atoms with van der Waals surface area (Å²) in [5.41, 5.74) is 0.0897. The molecular formula is C12H18N2O4S.